The van der Waals surface area contributed by atoms with Crippen molar-refractivity contribution in [3.63, 3.8) is 0 Å². The van der Waals surface area contributed by atoms with Gasteiger partial charge in [-0.15, -0.1) is 0 Å². The molecule has 42 heavy (non-hydrogen) atoms. The number of carbonyl (C=O) groups excluding carboxylic acids is 2. The number of nitro benzene ring substituents is 1. The third-order valence-electron chi connectivity index (χ3n) is 7.38. The van der Waals surface area contributed by atoms with E-state index < -0.39 is 38.7 Å². The molecule has 13 heteroatoms. The molecule has 2 aromatic carbocycles. The van der Waals surface area contributed by atoms with E-state index in [0.717, 1.165) is 0 Å². The molecule has 0 bridgehead atoms. The van der Waals surface area contributed by atoms with Crippen LogP contribution in [-0.4, -0.2) is 86.1 Å². The van der Waals surface area contributed by atoms with E-state index in [1.54, 1.807) is 57.2 Å². The lowest BCUT2D eigenvalue weighted by atomic mass is 9.75. The van der Waals surface area contributed by atoms with Crippen molar-refractivity contribution in [2.75, 3.05) is 45.9 Å². The summed E-state index contributed by atoms with van der Waals surface area (Å²) in [5, 5.41) is 11.5. The van der Waals surface area contributed by atoms with E-state index in [1.165, 1.54) is 22.5 Å². The van der Waals surface area contributed by atoms with E-state index in [-0.39, 0.29) is 29.4 Å². The summed E-state index contributed by atoms with van der Waals surface area (Å²) >= 11 is 0. The highest BCUT2D eigenvalue weighted by Gasteiger charge is 2.43. The number of sulfonamides is 1. The average Bonchev–Trinajstić information content (AvgIpc) is 2.97. The van der Waals surface area contributed by atoms with Crippen LogP contribution < -0.4 is 0 Å². The first-order chi connectivity index (χ1) is 20.0. The van der Waals surface area contributed by atoms with Gasteiger partial charge in [-0.3, -0.25) is 24.8 Å². The zero-order chi connectivity index (χ0) is 30.4. The maximum Gasteiger partial charge on any atom is 0.336 e. The number of piperazine rings is 1. The van der Waals surface area contributed by atoms with Crippen LogP contribution in [0.3, 0.4) is 0 Å². The summed E-state index contributed by atoms with van der Waals surface area (Å²) in [5.41, 5.74) is 1.15. The quantitative estimate of drug-likeness (QED) is 0.228. The summed E-state index contributed by atoms with van der Waals surface area (Å²) in [6.07, 6.45) is 0. The van der Waals surface area contributed by atoms with Gasteiger partial charge in [-0.2, -0.15) is 4.31 Å². The lowest BCUT2D eigenvalue weighted by molar-refractivity contribution is -0.384. The fourth-order valence-corrected chi connectivity index (χ4v) is 6.75. The highest BCUT2D eigenvalue weighted by atomic mass is 32.2. The van der Waals surface area contributed by atoms with Gasteiger partial charge in [-0.1, -0.05) is 30.3 Å². The predicted octanol–water partition coefficient (Wildman–Crippen LogP) is 3.16. The van der Waals surface area contributed by atoms with Crippen LogP contribution in [-0.2, 0) is 29.1 Å². The molecule has 0 aromatic heterocycles. The minimum absolute atomic E-state index is 0.0233. The molecule has 2 aromatic rings. The summed E-state index contributed by atoms with van der Waals surface area (Å²) in [6.45, 7) is 7.03. The Morgan fingerprint density at radius 2 is 1.71 bits per heavy atom. The Labute approximate surface area is 244 Å². The zero-order valence-electron chi connectivity index (χ0n) is 23.8. The number of ether oxygens (including phenoxy) is 2. The van der Waals surface area contributed by atoms with Gasteiger partial charge >= 0.3 is 11.9 Å². The van der Waals surface area contributed by atoms with Crippen LogP contribution in [0.2, 0.25) is 0 Å². The standard InChI is InChI=1S/C29H34N4O8S/c1-4-40-28(34)25-20(2)30-21(3)26(27(25)22-9-8-10-23(19-22)33(36)37)29(35)41-18-17-31-13-15-32(16-14-31)42(38,39)24-11-6-5-7-12-24/h5-12,19,25,27H,4,13-18H2,1-3H3/t25?,27-/m0/s1. The lowest BCUT2D eigenvalue weighted by Crippen LogP contribution is -2.49. The molecule has 0 radical (unpaired) electrons. The molecule has 0 amide bonds. The van der Waals surface area contributed by atoms with Crippen molar-refractivity contribution in [3.8, 4) is 0 Å². The Hall–Kier alpha value is -3.94. The minimum Gasteiger partial charge on any atom is -0.465 e. The number of rotatable bonds is 10. The molecule has 1 fully saturated rings. The van der Waals surface area contributed by atoms with Crippen molar-refractivity contribution in [3.05, 3.63) is 81.5 Å². The fraction of sp³-hybridized carbons (Fsp3) is 0.414. The monoisotopic (exact) mass is 598 g/mol. The Bertz CT molecular complexity index is 1500. The molecule has 224 valence electrons. The molecule has 0 aliphatic carbocycles. The van der Waals surface area contributed by atoms with Crippen molar-refractivity contribution in [2.45, 2.75) is 31.6 Å². The highest BCUT2D eigenvalue weighted by molar-refractivity contribution is 7.89. The van der Waals surface area contributed by atoms with Gasteiger partial charge in [0, 0.05) is 62.2 Å². The number of hydrogen-bond donors (Lipinski definition) is 0. The Morgan fingerprint density at radius 1 is 1.02 bits per heavy atom. The summed E-state index contributed by atoms with van der Waals surface area (Å²) in [4.78, 5) is 44.2. The molecular weight excluding hydrogens is 564 g/mol. The molecule has 2 aliphatic rings. The van der Waals surface area contributed by atoms with Crippen LogP contribution in [0.1, 0.15) is 32.3 Å². The average molecular weight is 599 g/mol. The number of non-ortho nitro benzene ring substituents is 1. The first-order valence-electron chi connectivity index (χ1n) is 13.7. The van der Waals surface area contributed by atoms with Crippen LogP contribution in [0.25, 0.3) is 0 Å². The molecule has 0 N–H and O–H groups in total. The highest BCUT2D eigenvalue weighted by Crippen LogP contribution is 2.41. The summed E-state index contributed by atoms with van der Waals surface area (Å²) in [7, 11) is -3.58. The maximum atomic E-state index is 13.5. The molecular formula is C29H34N4O8S. The number of allylic oxidation sites excluding steroid dienone is 1. The van der Waals surface area contributed by atoms with Gasteiger partial charge in [-0.05, 0) is 38.5 Å². The van der Waals surface area contributed by atoms with Crippen LogP contribution in [0.5, 0.6) is 0 Å². The van der Waals surface area contributed by atoms with E-state index in [2.05, 4.69) is 4.99 Å². The van der Waals surface area contributed by atoms with Crippen molar-refractivity contribution < 1.29 is 32.4 Å². The normalized spacial score (nSPS) is 20.1. The number of benzene rings is 2. The third-order valence-corrected chi connectivity index (χ3v) is 9.29. The van der Waals surface area contributed by atoms with E-state index >= 15 is 0 Å². The van der Waals surface area contributed by atoms with Gasteiger partial charge in [0.1, 0.15) is 12.5 Å². The second-order valence-corrected chi connectivity index (χ2v) is 11.9. The Kier molecular flexibility index (Phi) is 9.86. The van der Waals surface area contributed by atoms with Crippen LogP contribution in [0, 0.1) is 16.0 Å². The molecule has 0 spiro atoms. The van der Waals surface area contributed by atoms with Crippen molar-refractivity contribution in [1.29, 1.82) is 0 Å². The third kappa shape index (κ3) is 6.75. The summed E-state index contributed by atoms with van der Waals surface area (Å²) in [5.74, 6) is -3.12. The van der Waals surface area contributed by atoms with Gasteiger partial charge in [0.05, 0.1) is 22.0 Å². The number of carbonyl (C=O) groups is 2. The summed E-state index contributed by atoms with van der Waals surface area (Å²) in [6, 6.07) is 14.1. The number of aliphatic imine (C=N–C) groups is 1. The molecule has 1 unspecified atom stereocenters. The van der Waals surface area contributed by atoms with Gasteiger partial charge in [0.25, 0.3) is 5.69 Å². The fourth-order valence-electron chi connectivity index (χ4n) is 5.31. The molecule has 12 nitrogen and oxygen atoms in total. The largest absolute Gasteiger partial charge is 0.465 e. The molecule has 1 saturated heterocycles. The van der Waals surface area contributed by atoms with Crippen LogP contribution in [0.4, 0.5) is 5.69 Å². The smallest absolute Gasteiger partial charge is 0.336 e. The van der Waals surface area contributed by atoms with Crippen LogP contribution >= 0.6 is 0 Å². The number of esters is 2. The van der Waals surface area contributed by atoms with E-state index in [4.69, 9.17) is 9.47 Å². The molecule has 4 rings (SSSR count). The molecule has 2 atom stereocenters. The van der Waals surface area contributed by atoms with Crippen molar-refractivity contribution in [1.82, 2.24) is 9.21 Å². The van der Waals surface area contributed by atoms with Gasteiger partial charge in [-0.25, -0.2) is 13.2 Å². The lowest BCUT2D eigenvalue weighted by Gasteiger charge is -2.34. The van der Waals surface area contributed by atoms with Crippen LogP contribution in [0.15, 0.2) is 75.8 Å². The van der Waals surface area contributed by atoms with E-state index in [9.17, 15) is 28.1 Å². The topological polar surface area (TPSA) is 149 Å². The second-order valence-electron chi connectivity index (χ2n) is 10.0. The molecule has 2 heterocycles. The zero-order valence-corrected chi connectivity index (χ0v) is 24.6. The SMILES string of the molecule is CCOC(=O)C1C(C)=NC(C)=C(C(=O)OCCN2CCN(S(=O)(=O)c3ccccc3)CC2)[C@H]1c1cccc([N+](=O)[O-])c1. The number of nitrogens with zero attached hydrogens (tertiary/aromatic N) is 4. The molecule has 2 aliphatic heterocycles. The van der Waals surface area contributed by atoms with E-state index in [0.29, 0.717) is 49.7 Å². The van der Waals surface area contributed by atoms with Crippen molar-refractivity contribution >= 4 is 33.4 Å². The first kappa shape index (κ1) is 31.0. The predicted molar refractivity (Wildman–Crippen MR) is 154 cm³/mol. The van der Waals surface area contributed by atoms with Crippen molar-refractivity contribution in [2.24, 2.45) is 10.9 Å². The summed E-state index contributed by atoms with van der Waals surface area (Å²) < 4.78 is 38.2. The van der Waals surface area contributed by atoms with Gasteiger partial charge in [0.2, 0.25) is 10.0 Å². The number of hydrogen-bond acceptors (Lipinski definition) is 10. The number of nitro groups is 1. The second kappa shape index (κ2) is 13.4. The van der Waals surface area contributed by atoms with Gasteiger partial charge in [0.15, 0.2) is 0 Å². The van der Waals surface area contributed by atoms with E-state index in [1.807, 2.05) is 4.90 Å². The maximum absolute atomic E-state index is 13.5. The molecule has 0 saturated carbocycles. The Balaban J connectivity index is 1.46. The minimum atomic E-state index is -3.58. The van der Waals surface area contributed by atoms with Gasteiger partial charge < -0.3 is 9.47 Å². The Morgan fingerprint density at radius 3 is 2.36 bits per heavy atom. The first-order valence-corrected chi connectivity index (χ1v) is 15.1.